The van der Waals surface area contributed by atoms with Gasteiger partial charge in [-0.2, -0.15) is 4.68 Å². The molecule has 0 fully saturated rings. The number of allylic oxidation sites excluding steroid dienone is 1. The molecule has 0 aliphatic carbocycles. The number of rotatable bonds is 3. The summed E-state index contributed by atoms with van der Waals surface area (Å²) in [5, 5.41) is 4.11. The van der Waals surface area contributed by atoms with Crippen molar-refractivity contribution in [1.82, 2.24) is 9.78 Å². The van der Waals surface area contributed by atoms with Gasteiger partial charge in [0.15, 0.2) is 5.82 Å². The van der Waals surface area contributed by atoms with Crippen molar-refractivity contribution in [3.8, 4) is 11.4 Å². The SMILES string of the molecule is C=C(C)Oc1cc(-n2nc(C(C)(C)C)oc2=O)c(F)cc1Cl. The minimum atomic E-state index is -0.785. The zero-order chi connectivity index (χ0) is 16.7. The van der Waals surface area contributed by atoms with Crippen LogP contribution in [0.25, 0.3) is 5.69 Å². The van der Waals surface area contributed by atoms with Crippen LogP contribution < -0.4 is 10.5 Å². The number of hydrogen-bond donors (Lipinski definition) is 0. The highest BCUT2D eigenvalue weighted by Crippen LogP contribution is 2.30. The monoisotopic (exact) mass is 326 g/mol. The molecule has 22 heavy (non-hydrogen) atoms. The Labute approximate surface area is 132 Å². The Hall–Kier alpha value is -2.08. The summed E-state index contributed by atoms with van der Waals surface area (Å²) in [4.78, 5) is 11.9. The van der Waals surface area contributed by atoms with Crippen molar-refractivity contribution in [2.45, 2.75) is 33.1 Å². The molecule has 5 nitrogen and oxygen atoms in total. The van der Waals surface area contributed by atoms with Crippen LogP contribution in [0, 0.1) is 5.82 Å². The topological polar surface area (TPSA) is 57.3 Å². The fourth-order valence-electron chi connectivity index (χ4n) is 1.68. The molecule has 0 N–H and O–H groups in total. The Morgan fingerprint density at radius 3 is 2.59 bits per heavy atom. The number of hydrogen-bond acceptors (Lipinski definition) is 4. The van der Waals surface area contributed by atoms with E-state index in [1.54, 1.807) is 6.92 Å². The molecule has 1 heterocycles. The summed E-state index contributed by atoms with van der Waals surface area (Å²) in [6.07, 6.45) is 0. The van der Waals surface area contributed by atoms with E-state index < -0.39 is 17.0 Å². The van der Waals surface area contributed by atoms with Crippen molar-refractivity contribution in [3.05, 3.63) is 51.8 Å². The van der Waals surface area contributed by atoms with Gasteiger partial charge in [0, 0.05) is 11.5 Å². The van der Waals surface area contributed by atoms with Crippen LogP contribution >= 0.6 is 11.6 Å². The molecule has 0 radical (unpaired) electrons. The van der Waals surface area contributed by atoms with Crippen LogP contribution in [-0.2, 0) is 5.41 Å². The Morgan fingerprint density at radius 2 is 2.09 bits per heavy atom. The molecule has 2 rings (SSSR count). The molecule has 0 amide bonds. The van der Waals surface area contributed by atoms with Gasteiger partial charge in [0.1, 0.15) is 11.4 Å². The predicted octanol–water partition coefficient (Wildman–Crippen LogP) is 3.83. The van der Waals surface area contributed by atoms with E-state index in [4.69, 9.17) is 20.8 Å². The molecule has 7 heteroatoms. The first-order valence-corrected chi connectivity index (χ1v) is 6.91. The lowest BCUT2D eigenvalue weighted by Gasteiger charge is -2.11. The van der Waals surface area contributed by atoms with E-state index in [1.165, 1.54) is 6.07 Å². The summed E-state index contributed by atoms with van der Waals surface area (Å²) in [7, 11) is 0. The standard InChI is InChI=1S/C15H16ClFN2O3/c1-8(2)21-12-7-11(10(17)6-9(12)16)19-14(20)22-13(18-19)15(3,4)5/h6-7H,1H2,2-5H3. The van der Waals surface area contributed by atoms with E-state index in [-0.39, 0.29) is 22.4 Å². The summed E-state index contributed by atoms with van der Waals surface area (Å²) >= 11 is 5.91. The molecule has 2 aromatic rings. The lowest BCUT2D eigenvalue weighted by molar-refractivity contribution is 0.375. The predicted molar refractivity (Wildman–Crippen MR) is 81.2 cm³/mol. The van der Waals surface area contributed by atoms with Gasteiger partial charge in [-0.25, -0.2) is 9.18 Å². The number of benzene rings is 1. The third-order valence-corrected chi connectivity index (χ3v) is 3.00. The molecule has 1 aromatic heterocycles. The lowest BCUT2D eigenvalue weighted by Crippen LogP contribution is -2.16. The number of nitrogens with zero attached hydrogens (tertiary/aromatic N) is 2. The molecular formula is C15H16ClFN2O3. The smallest absolute Gasteiger partial charge is 0.442 e. The number of aromatic nitrogens is 2. The summed E-state index contributed by atoms with van der Waals surface area (Å²) in [5.74, 6) is -0.739. The van der Waals surface area contributed by atoms with Crippen molar-refractivity contribution in [1.29, 1.82) is 0 Å². The molecule has 0 atom stereocenters. The van der Waals surface area contributed by atoms with Gasteiger partial charge in [-0.3, -0.25) is 0 Å². The van der Waals surface area contributed by atoms with Gasteiger partial charge in [-0.05, 0) is 13.0 Å². The maximum Gasteiger partial charge on any atom is 0.442 e. The Kier molecular flexibility index (Phi) is 4.15. The normalized spacial score (nSPS) is 11.5. The second-order valence-electron chi connectivity index (χ2n) is 5.87. The zero-order valence-corrected chi connectivity index (χ0v) is 13.5. The van der Waals surface area contributed by atoms with Gasteiger partial charge in [0.05, 0.1) is 10.8 Å². The third kappa shape index (κ3) is 3.22. The van der Waals surface area contributed by atoms with Crippen LogP contribution in [0.3, 0.4) is 0 Å². The average Bonchev–Trinajstić information content (AvgIpc) is 2.74. The third-order valence-electron chi connectivity index (χ3n) is 2.70. The highest BCUT2D eigenvalue weighted by molar-refractivity contribution is 6.32. The number of ether oxygens (including phenoxy) is 1. The quantitative estimate of drug-likeness (QED) is 0.804. The van der Waals surface area contributed by atoms with Gasteiger partial charge in [-0.15, -0.1) is 5.10 Å². The van der Waals surface area contributed by atoms with E-state index in [0.29, 0.717) is 5.76 Å². The average molecular weight is 327 g/mol. The highest BCUT2D eigenvalue weighted by atomic mass is 35.5. The molecule has 0 aliphatic rings. The van der Waals surface area contributed by atoms with Gasteiger partial charge in [0.25, 0.3) is 0 Å². The molecular weight excluding hydrogens is 311 g/mol. The van der Waals surface area contributed by atoms with Crippen LogP contribution in [0.5, 0.6) is 5.75 Å². The van der Waals surface area contributed by atoms with E-state index in [0.717, 1.165) is 10.7 Å². The fraction of sp³-hybridized carbons (Fsp3) is 0.333. The summed E-state index contributed by atoms with van der Waals surface area (Å²) in [6, 6.07) is 2.33. The Morgan fingerprint density at radius 1 is 1.45 bits per heavy atom. The fourth-order valence-corrected chi connectivity index (χ4v) is 1.87. The van der Waals surface area contributed by atoms with Crippen LogP contribution in [0.15, 0.2) is 33.7 Å². The molecule has 0 bridgehead atoms. The van der Waals surface area contributed by atoms with Crippen LogP contribution in [0.2, 0.25) is 5.02 Å². The minimum absolute atomic E-state index is 0.0665. The van der Waals surface area contributed by atoms with Crippen LogP contribution in [-0.4, -0.2) is 9.78 Å². The maximum absolute atomic E-state index is 14.1. The lowest BCUT2D eigenvalue weighted by atomic mass is 9.97. The summed E-state index contributed by atoms with van der Waals surface area (Å²) < 4.78 is 25.4. The first-order valence-electron chi connectivity index (χ1n) is 6.53. The van der Waals surface area contributed by atoms with Crippen molar-refractivity contribution in [2.24, 2.45) is 0 Å². The zero-order valence-electron chi connectivity index (χ0n) is 12.7. The van der Waals surface area contributed by atoms with Crippen molar-refractivity contribution < 1.29 is 13.5 Å². The molecule has 0 spiro atoms. The molecule has 1 aromatic carbocycles. The van der Waals surface area contributed by atoms with Crippen LogP contribution in [0.1, 0.15) is 33.6 Å². The first-order chi connectivity index (χ1) is 10.1. The van der Waals surface area contributed by atoms with E-state index in [2.05, 4.69) is 11.7 Å². The minimum Gasteiger partial charge on any atom is -0.461 e. The van der Waals surface area contributed by atoms with Crippen molar-refractivity contribution in [2.75, 3.05) is 0 Å². The van der Waals surface area contributed by atoms with E-state index >= 15 is 0 Å². The number of halogens is 2. The first kappa shape index (κ1) is 16.3. The highest BCUT2D eigenvalue weighted by Gasteiger charge is 2.24. The molecule has 118 valence electrons. The van der Waals surface area contributed by atoms with Gasteiger partial charge in [0.2, 0.25) is 5.89 Å². The van der Waals surface area contributed by atoms with Crippen LogP contribution in [0.4, 0.5) is 4.39 Å². The van der Waals surface area contributed by atoms with Crippen molar-refractivity contribution in [3.63, 3.8) is 0 Å². The van der Waals surface area contributed by atoms with Gasteiger partial charge < -0.3 is 9.15 Å². The molecule has 0 unspecified atom stereocenters. The largest absolute Gasteiger partial charge is 0.461 e. The maximum atomic E-state index is 14.1. The summed E-state index contributed by atoms with van der Waals surface area (Å²) in [6.45, 7) is 10.7. The summed E-state index contributed by atoms with van der Waals surface area (Å²) in [5.41, 5.74) is -0.588. The van der Waals surface area contributed by atoms with E-state index in [1.807, 2.05) is 20.8 Å². The van der Waals surface area contributed by atoms with Gasteiger partial charge in [-0.1, -0.05) is 39.0 Å². The Balaban J connectivity index is 2.60. The van der Waals surface area contributed by atoms with Crippen molar-refractivity contribution >= 4 is 11.6 Å². The molecule has 0 saturated carbocycles. The second kappa shape index (κ2) is 5.61. The molecule has 0 aliphatic heterocycles. The van der Waals surface area contributed by atoms with Gasteiger partial charge >= 0.3 is 5.76 Å². The second-order valence-corrected chi connectivity index (χ2v) is 6.28. The molecule has 0 saturated heterocycles. The van der Waals surface area contributed by atoms with E-state index in [9.17, 15) is 9.18 Å². The Bertz CT molecular complexity index is 787.